The van der Waals surface area contributed by atoms with Crippen molar-refractivity contribution in [3.05, 3.63) is 95.4 Å². The Morgan fingerprint density at radius 3 is 2.38 bits per heavy atom. The molecule has 0 amide bonds. The van der Waals surface area contributed by atoms with Crippen molar-refractivity contribution < 1.29 is 18.7 Å². The molecule has 0 saturated heterocycles. The van der Waals surface area contributed by atoms with Crippen LogP contribution in [-0.2, 0) is 24.2 Å². The van der Waals surface area contributed by atoms with Crippen LogP contribution in [0.3, 0.4) is 0 Å². The third-order valence-electron chi connectivity index (χ3n) is 6.82. The number of fused-ring (bicyclic) bond motifs is 1. The van der Waals surface area contributed by atoms with E-state index in [0.717, 1.165) is 80.0 Å². The Labute approximate surface area is 231 Å². The summed E-state index contributed by atoms with van der Waals surface area (Å²) in [6.45, 7) is 6.41. The van der Waals surface area contributed by atoms with Gasteiger partial charge >= 0.3 is 0 Å². The SMILES string of the molecule is CC(=O)CCCCN(CCc1ccccc1OCCCc1nc2ccccc2o1)Cc1ccc(C(C)=O)cc1. The van der Waals surface area contributed by atoms with Crippen LogP contribution in [0.2, 0.25) is 0 Å². The van der Waals surface area contributed by atoms with Gasteiger partial charge in [-0.25, -0.2) is 4.98 Å². The smallest absolute Gasteiger partial charge is 0.195 e. The van der Waals surface area contributed by atoms with Crippen LogP contribution in [0.25, 0.3) is 11.1 Å². The zero-order valence-electron chi connectivity index (χ0n) is 23.0. The van der Waals surface area contributed by atoms with Gasteiger partial charge in [0.1, 0.15) is 17.0 Å². The topological polar surface area (TPSA) is 72.6 Å². The Kier molecular flexibility index (Phi) is 10.4. The molecule has 4 rings (SSSR count). The lowest BCUT2D eigenvalue weighted by Crippen LogP contribution is -2.27. The molecule has 0 spiro atoms. The van der Waals surface area contributed by atoms with Gasteiger partial charge in [-0.15, -0.1) is 0 Å². The van der Waals surface area contributed by atoms with Gasteiger partial charge in [-0.1, -0.05) is 54.6 Å². The fraction of sp³-hybridized carbons (Fsp3) is 0.364. The van der Waals surface area contributed by atoms with E-state index in [9.17, 15) is 9.59 Å². The highest BCUT2D eigenvalue weighted by Crippen LogP contribution is 2.21. The lowest BCUT2D eigenvalue weighted by Gasteiger charge is -2.23. The summed E-state index contributed by atoms with van der Waals surface area (Å²) >= 11 is 0. The molecule has 0 aliphatic carbocycles. The molecule has 0 atom stereocenters. The average molecular weight is 527 g/mol. The molecule has 0 bridgehead atoms. The zero-order chi connectivity index (χ0) is 27.5. The summed E-state index contributed by atoms with van der Waals surface area (Å²) in [7, 11) is 0. The number of unbranched alkanes of at least 4 members (excludes halogenated alkanes) is 1. The summed E-state index contributed by atoms with van der Waals surface area (Å²) in [5.74, 6) is 1.97. The maximum Gasteiger partial charge on any atom is 0.195 e. The minimum atomic E-state index is 0.0769. The molecule has 1 heterocycles. The van der Waals surface area contributed by atoms with Gasteiger partial charge in [0.15, 0.2) is 17.3 Å². The number of aryl methyl sites for hydroxylation is 1. The minimum absolute atomic E-state index is 0.0769. The molecule has 1 aromatic heterocycles. The van der Waals surface area contributed by atoms with Crippen LogP contribution in [0, 0.1) is 0 Å². The molecule has 0 aliphatic rings. The lowest BCUT2D eigenvalue weighted by molar-refractivity contribution is -0.117. The second-order valence-corrected chi connectivity index (χ2v) is 10.1. The van der Waals surface area contributed by atoms with Gasteiger partial charge in [-0.05, 0) is 75.4 Å². The first-order valence-electron chi connectivity index (χ1n) is 13.8. The Morgan fingerprint density at radius 2 is 1.62 bits per heavy atom. The van der Waals surface area contributed by atoms with E-state index < -0.39 is 0 Å². The summed E-state index contributed by atoms with van der Waals surface area (Å²) in [5, 5.41) is 0. The first-order chi connectivity index (χ1) is 19.0. The molecule has 4 aromatic rings. The van der Waals surface area contributed by atoms with E-state index in [1.165, 1.54) is 11.1 Å². The van der Waals surface area contributed by atoms with Crippen molar-refractivity contribution in [1.29, 1.82) is 0 Å². The molecule has 6 nitrogen and oxygen atoms in total. The largest absolute Gasteiger partial charge is 0.493 e. The van der Waals surface area contributed by atoms with Gasteiger partial charge in [0.2, 0.25) is 0 Å². The molecule has 0 aliphatic heterocycles. The number of aromatic nitrogens is 1. The van der Waals surface area contributed by atoms with E-state index in [1.54, 1.807) is 13.8 Å². The first-order valence-corrected chi connectivity index (χ1v) is 13.8. The molecule has 3 aromatic carbocycles. The van der Waals surface area contributed by atoms with Crippen LogP contribution < -0.4 is 4.74 Å². The Morgan fingerprint density at radius 1 is 0.846 bits per heavy atom. The molecule has 0 fully saturated rings. The number of benzene rings is 3. The third-order valence-corrected chi connectivity index (χ3v) is 6.82. The van der Waals surface area contributed by atoms with Gasteiger partial charge in [-0.2, -0.15) is 0 Å². The van der Waals surface area contributed by atoms with Crippen molar-refractivity contribution >= 4 is 22.7 Å². The molecule has 39 heavy (non-hydrogen) atoms. The molecule has 6 heteroatoms. The maximum atomic E-state index is 11.6. The minimum Gasteiger partial charge on any atom is -0.493 e. The van der Waals surface area contributed by atoms with Gasteiger partial charge in [0.05, 0.1) is 6.61 Å². The molecule has 0 saturated carbocycles. The van der Waals surface area contributed by atoms with E-state index >= 15 is 0 Å². The van der Waals surface area contributed by atoms with E-state index in [0.29, 0.717) is 13.0 Å². The number of ether oxygens (including phenoxy) is 1. The fourth-order valence-electron chi connectivity index (χ4n) is 4.64. The van der Waals surface area contributed by atoms with Crippen molar-refractivity contribution in [1.82, 2.24) is 9.88 Å². The number of ketones is 2. The number of hydrogen-bond donors (Lipinski definition) is 0. The quantitative estimate of drug-likeness (QED) is 0.117. The van der Waals surface area contributed by atoms with E-state index in [2.05, 4.69) is 22.0 Å². The summed E-state index contributed by atoms with van der Waals surface area (Å²) in [6.07, 6.45) is 4.90. The molecule has 204 valence electrons. The van der Waals surface area contributed by atoms with Crippen LogP contribution in [0.15, 0.2) is 77.2 Å². The number of para-hydroxylation sites is 3. The highest BCUT2D eigenvalue weighted by Gasteiger charge is 2.11. The van der Waals surface area contributed by atoms with Crippen LogP contribution >= 0.6 is 0 Å². The molecular weight excluding hydrogens is 488 g/mol. The Bertz CT molecular complexity index is 1330. The van der Waals surface area contributed by atoms with Gasteiger partial charge in [0.25, 0.3) is 0 Å². The Hall–Kier alpha value is -3.77. The van der Waals surface area contributed by atoms with Crippen molar-refractivity contribution in [2.75, 3.05) is 19.7 Å². The third kappa shape index (κ3) is 8.89. The summed E-state index contributed by atoms with van der Waals surface area (Å²) in [4.78, 5) is 30.0. The van der Waals surface area contributed by atoms with E-state index in [1.807, 2.05) is 60.7 Å². The van der Waals surface area contributed by atoms with Crippen LogP contribution in [-0.4, -0.2) is 41.1 Å². The number of nitrogens with zero attached hydrogens (tertiary/aromatic N) is 2. The van der Waals surface area contributed by atoms with Gasteiger partial charge < -0.3 is 13.9 Å². The summed E-state index contributed by atoms with van der Waals surface area (Å²) < 4.78 is 12.0. The van der Waals surface area contributed by atoms with Crippen LogP contribution in [0.5, 0.6) is 5.75 Å². The molecular formula is C33H38N2O4. The highest BCUT2D eigenvalue weighted by molar-refractivity contribution is 5.94. The predicted molar refractivity (Wildman–Crippen MR) is 154 cm³/mol. The second kappa shape index (κ2) is 14.4. The van der Waals surface area contributed by atoms with Crippen molar-refractivity contribution in [2.45, 2.75) is 58.9 Å². The van der Waals surface area contributed by atoms with Crippen molar-refractivity contribution in [2.24, 2.45) is 0 Å². The van der Waals surface area contributed by atoms with Crippen LogP contribution in [0.1, 0.15) is 66.9 Å². The van der Waals surface area contributed by atoms with Gasteiger partial charge in [-0.3, -0.25) is 9.69 Å². The average Bonchev–Trinajstić information content (AvgIpc) is 3.35. The van der Waals surface area contributed by atoms with Crippen LogP contribution in [0.4, 0.5) is 0 Å². The monoisotopic (exact) mass is 526 g/mol. The number of carbonyl (C=O) groups is 2. The first kappa shape index (κ1) is 28.2. The normalized spacial score (nSPS) is 11.3. The van der Waals surface area contributed by atoms with E-state index in [4.69, 9.17) is 9.15 Å². The number of oxazole rings is 1. The standard InChI is InChI=1S/C33H38N2O4/c1-25(36)10-7-8-21-35(24-27-16-18-28(19-17-27)26(2)37)22-20-29-11-3-5-13-31(29)38-23-9-15-33-34-30-12-4-6-14-32(30)39-33/h3-6,11-14,16-19H,7-10,15,20-24H2,1-2H3. The highest BCUT2D eigenvalue weighted by atomic mass is 16.5. The fourth-order valence-corrected chi connectivity index (χ4v) is 4.64. The summed E-state index contributed by atoms with van der Waals surface area (Å²) in [6, 6.07) is 23.9. The predicted octanol–water partition coefficient (Wildman–Crippen LogP) is 6.85. The number of carbonyl (C=O) groups excluding carboxylic acids is 2. The number of Topliss-reactive ketones (excluding diaryl/α,β-unsaturated/α-hetero) is 2. The number of hydrogen-bond acceptors (Lipinski definition) is 6. The van der Waals surface area contributed by atoms with E-state index in [-0.39, 0.29) is 11.6 Å². The molecule has 0 N–H and O–H groups in total. The summed E-state index contributed by atoms with van der Waals surface area (Å²) in [5.41, 5.74) is 4.79. The maximum absolute atomic E-state index is 11.6. The van der Waals surface area contributed by atoms with Crippen molar-refractivity contribution in [3.63, 3.8) is 0 Å². The van der Waals surface area contributed by atoms with Gasteiger partial charge in [0, 0.05) is 31.5 Å². The zero-order valence-corrected chi connectivity index (χ0v) is 23.0. The lowest BCUT2D eigenvalue weighted by atomic mass is 10.1. The molecule has 0 unspecified atom stereocenters. The van der Waals surface area contributed by atoms with Crippen molar-refractivity contribution in [3.8, 4) is 5.75 Å². The number of rotatable bonds is 16. The molecule has 0 radical (unpaired) electrons. The Balaban J connectivity index is 1.31. The second-order valence-electron chi connectivity index (χ2n) is 10.1.